The molecule has 148 valence electrons. The van der Waals surface area contributed by atoms with Crippen LogP contribution in [-0.2, 0) is 4.43 Å². The fraction of sp³-hybridized carbons (Fsp3) is 0.500. The molecule has 0 aliphatic carbocycles. The van der Waals surface area contributed by atoms with Crippen LogP contribution in [0.3, 0.4) is 0 Å². The van der Waals surface area contributed by atoms with Crippen LogP contribution in [0, 0.1) is 0 Å². The summed E-state index contributed by atoms with van der Waals surface area (Å²) < 4.78 is 7.07. The van der Waals surface area contributed by atoms with Crippen LogP contribution in [0.5, 0.6) is 0 Å². The first-order chi connectivity index (χ1) is 12.8. The van der Waals surface area contributed by atoms with Crippen LogP contribution in [0.25, 0.3) is 0 Å². The molecule has 0 heterocycles. The molecule has 0 aliphatic rings. The number of rotatable bonds is 9. The predicted octanol–water partition coefficient (Wildman–Crippen LogP) is 4.89. The molecule has 0 saturated heterocycles. The number of hydrogen-bond acceptors (Lipinski definition) is 2. The highest BCUT2D eigenvalue weighted by atomic mass is 28.4. The van der Waals surface area contributed by atoms with Crippen molar-refractivity contribution in [3.05, 3.63) is 60.7 Å². The van der Waals surface area contributed by atoms with Crippen molar-refractivity contribution in [2.75, 3.05) is 0 Å². The standard InChI is InChI=1S/C24H36O2Si/c1-6-7-10-19-23(20(2)25)26-27(24(3,4)5,21-15-11-8-12-16-21)22-17-13-9-14-18-22/h8-9,11-18,20,23,25H,6-7,10,19H2,1-5H3/t20?,23-/m0/s1. The van der Waals surface area contributed by atoms with Crippen molar-refractivity contribution < 1.29 is 9.53 Å². The lowest BCUT2D eigenvalue weighted by Gasteiger charge is -2.45. The van der Waals surface area contributed by atoms with Crippen molar-refractivity contribution >= 4 is 18.7 Å². The fourth-order valence-electron chi connectivity index (χ4n) is 3.91. The third-order valence-electron chi connectivity index (χ3n) is 5.38. The highest BCUT2D eigenvalue weighted by Crippen LogP contribution is 2.38. The molecule has 0 saturated carbocycles. The summed E-state index contributed by atoms with van der Waals surface area (Å²) in [5.41, 5.74) is 0. The number of aliphatic hydroxyl groups is 1. The van der Waals surface area contributed by atoms with Crippen molar-refractivity contribution in [1.29, 1.82) is 0 Å². The fourth-order valence-corrected chi connectivity index (χ4v) is 8.70. The number of benzene rings is 2. The van der Waals surface area contributed by atoms with Crippen molar-refractivity contribution in [3.8, 4) is 0 Å². The van der Waals surface area contributed by atoms with Crippen molar-refractivity contribution in [1.82, 2.24) is 0 Å². The Morgan fingerprint density at radius 2 is 1.37 bits per heavy atom. The average Bonchev–Trinajstić information content (AvgIpc) is 2.65. The largest absolute Gasteiger partial charge is 0.402 e. The molecule has 2 atom stereocenters. The van der Waals surface area contributed by atoms with E-state index in [9.17, 15) is 5.11 Å². The summed E-state index contributed by atoms with van der Waals surface area (Å²) in [5.74, 6) is 0. The Hall–Kier alpha value is -1.42. The van der Waals surface area contributed by atoms with Crippen LogP contribution in [0.15, 0.2) is 60.7 Å². The van der Waals surface area contributed by atoms with Crippen LogP contribution in [0.2, 0.25) is 5.04 Å². The summed E-state index contributed by atoms with van der Waals surface area (Å²) in [6.45, 7) is 10.9. The third-order valence-corrected chi connectivity index (χ3v) is 10.4. The lowest BCUT2D eigenvalue weighted by Crippen LogP contribution is -2.68. The van der Waals surface area contributed by atoms with Crippen LogP contribution in [-0.4, -0.2) is 25.6 Å². The van der Waals surface area contributed by atoms with Crippen molar-refractivity contribution in [2.24, 2.45) is 0 Å². The normalized spacial score (nSPS) is 14.7. The molecule has 2 aromatic rings. The molecular weight excluding hydrogens is 348 g/mol. The van der Waals surface area contributed by atoms with Gasteiger partial charge in [0.25, 0.3) is 8.32 Å². The maximum absolute atomic E-state index is 10.5. The van der Waals surface area contributed by atoms with Gasteiger partial charge in [-0.25, -0.2) is 0 Å². The zero-order chi connectivity index (χ0) is 19.9. The Morgan fingerprint density at radius 3 is 1.74 bits per heavy atom. The van der Waals surface area contributed by atoms with Gasteiger partial charge in [-0.2, -0.15) is 0 Å². The van der Waals surface area contributed by atoms with E-state index in [1.54, 1.807) is 0 Å². The Morgan fingerprint density at radius 1 is 0.889 bits per heavy atom. The summed E-state index contributed by atoms with van der Waals surface area (Å²) in [4.78, 5) is 0. The molecule has 0 spiro atoms. The van der Waals surface area contributed by atoms with E-state index in [-0.39, 0.29) is 11.1 Å². The van der Waals surface area contributed by atoms with Gasteiger partial charge in [0.2, 0.25) is 0 Å². The zero-order valence-electron chi connectivity index (χ0n) is 17.6. The molecule has 3 heteroatoms. The second kappa shape index (κ2) is 9.68. The van der Waals surface area contributed by atoms with Gasteiger partial charge in [-0.1, -0.05) is 108 Å². The molecule has 1 N–H and O–H groups in total. The van der Waals surface area contributed by atoms with Gasteiger partial charge in [-0.05, 0) is 28.8 Å². The Labute approximate surface area is 166 Å². The predicted molar refractivity (Wildman–Crippen MR) is 118 cm³/mol. The summed E-state index contributed by atoms with van der Waals surface area (Å²) >= 11 is 0. The minimum Gasteiger partial charge on any atom is -0.402 e. The molecule has 27 heavy (non-hydrogen) atoms. The molecule has 2 rings (SSSR count). The second-order valence-electron chi connectivity index (χ2n) is 8.56. The van der Waals surface area contributed by atoms with Gasteiger partial charge in [0.15, 0.2) is 0 Å². The Bertz CT molecular complexity index is 622. The molecule has 0 aliphatic heterocycles. The van der Waals surface area contributed by atoms with Crippen molar-refractivity contribution in [3.63, 3.8) is 0 Å². The van der Waals surface area contributed by atoms with Gasteiger partial charge in [0.05, 0.1) is 12.2 Å². The first-order valence-corrected chi connectivity index (χ1v) is 12.2. The molecule has 0 aromatic heterocycles. The molecular formula is C24H36O2Si. The Kier molecular flexibility index (Phi) is 7.84. The minimum atomic E-state index is -2.60. The quantitative estimate of drug-likeness (QED) is 0.492. The van der Waals surface area contributed by atoms with Gasteiger partial charge in [0.1, 0.15) is 0 Å². The van der Waals surface area contributed by atoms with Crippen molar-refractivity contribution in [2.45, 2.75) is 77.5 Å². The average molecular weight is 385 g/mol. The van der Waals surface area contributed by atoms with Gasteiger partial charge >= 0.3 is 0 Å². The number of hydrogen-bond donors (Lipinski definition) is 1. The smallest absolute Gasteiger partial charge is 0.261 e. The first-order valence-electron chi connectivity index (χ1n) is 10.3. The van der Waals surface area contributed by atoms with Gasteiger partial charge in [-0.15, -0.1) is 0 Å². The summed E-state index contributed by atoms with van der Waals surface area (Å²) in [7, 11) is -2.60. The first kappa shape index (κ1) is 21.9. The second-order valence-corrected chi connectivity index (χ2v) is 12.8. The summed E-state index contributed by atoms with van der Waals surface area (Å²) in [5, 5.41) is 13.0. The van der Waals surface area contributed by atoms with E-state index in [1.807, 2.05) is 6.92 Å². The topological polar surface area (TPSA) is 29.5 Å². The molecule has 1 unspecified atom stereocenters. The molecule has 0 radical (unpaired) electrons. The van der Waals surface area contributed by atoms with E-state index in [0.29, 0.717) is 0 Å². The molecule has 2 nitrogen and oxygen atoms in total. The van der Waals surface area contributed by atoms with E-state index in [2.05, 4.69) is 88.4 Å². The summed E-state index contributed by atoms with van der Waals surface area (Å²) in [6.07, 6.45) is 3.70. The maximum Gasteiger partial charge on any atom is 0.261 e. The van der Waals surface area contributed by atoms with E-state index in [0.717, 1.165) is 12.8 Å². The monoisotopic (exact) mass is 384 g/mol. The van der Waals surface area contributed by atoms with E-state index in [4.69, 9.17) is 4.43 Å². The number of aliphatic hydroxyl groups excluding tert-OH is 1. The SMILES string of the molecule is CCCCC[C@H](O[Si](c1ccccc1)(c1ccccc1)C(C)(C)C)C(C)O. The Balaban J connectivity index is 2.57. The van der Waals surface area contributed by atoms with Crippen LogP contribution in [0.1, 0.15) is 60.3 Å². The number of unbranched alkanes of at least 4 members (excludes halogenated alkanes) is 2. The van der Waals surface area contributed by atoms with Crippen LogP contribution in [0.4, 0.5) is 0 Å². The molecule has 0 fully saturated rings. The van der Waals surface area contributed by atoms with Gasteiger partial charge < -0.3 is 9.53 Å². The maximum atomic E-state index is 10.5. The lowest BCUT2D eigenvalue weighted by molar-refractivity contribution is 0.0353. The molecule has 0 amide bonds. The van der Waals surface area contributed by atoms with E-state index in [1.165, 1.54) is 23.2 Å². The highest BCUT2D eigenvalue weighted by Gasteiger charge is 2.51. The minimum absolute atomic E-state index is 0.0619. The van der Waals surface area contributed by atoms with E-state index < -0.39 is 14.4 Å². The van der Waals surface area contributed by atoms with E-state index >= 15 is 0 Å². The lowest BCUT2D eigenvalue weighted by atomic mass is 10.1. The van der Waals surface area contributed by atoms with Gasteiger partial charge in [-0.3, -0.25) is 0 Å². The highest BCUT2D eigenvalue weighted by molar-refractivity contribution is 6.99. The molecule has 0 bridgehead atoms. The summed E-state index contributed by atoms with van der Waals surface area (Å²) in [6, 6.07) is 21.3. The van der Waals surface area contributed by atoms with Gasteiger partial charge in [0, 0.05) is 0 Å². The third kappa shape index (κ3) is 5.10. The van der Waals surface area contributed by atoms with Crippen LogP contribution >= 0.6 is 0 Å². The zero-order valence-corrected chi connectivity index (χ0v) is 18.6. The molecule has 2 aromatic carbocycles. The van der Waals surface area contributed by atoms with Crippen LogP contribution < -0.4 is 10.4 Å².